The summed E-state index contributed by atoms with van der Waals surface area (Å²) in [5, 5.41) is 0. The lowest BCUT2D eigenvalue weighted by Crippen LogP contribution is -2.42. The molecular formula is C12H13BrN2O3S. The molecule has 0 radical (unpaired) electrons. The fourth-order valence-electron chi connectivity index (χ4n) is 2.10. The summed E-state index contributed by atoms with van der Waals surface area (Å²) in [7, 11) is -3.61. The summed E-state index contributed by atoms with van der Waals surface area (Å²) in [5.41, 5.74) is 0. The van der Waals surface area contributed by atoms with Crippen molar-refractivity contribution in [2.75, 3.05) is 6.54 Å². The van der Waals surface area contributed by atoms with Gasteiger partial charge in [0, 0.05) is 11.0 Å². The summed E-state index contributed by atoms with van der Waals surface area (Å²) < 4.78 is 27.1. The molecule has 0 aliphatic carbocycles. The van der Waals surface area contributed by atoms with Crippen LogP contribution in [0, 0.1) is 0 Å². The van der Waals surface area contributed by atoms with E-state index in [1.165, 1.54) is 22.5 Å². The number of hydrogen-bond acceptors (Lipinski definition) is 4. The second-order valence-electron chi connectivity index (χ2n) is 4.27. The zero-order valence-electron chi connectivity index (χ0n) is 10.1. The second kappa shape index (κ2) is 5.96. The molecule has 7 heteroatoms. The smallest absolute Gasteiger partial charge is 0.211 e. The van der Waals surface area contributed by atoms with Gasteiger partial charge in [0.2, 0.25) is 16.1 Å². The molecular weight excluding hydrogens is 332 g/mol. The minimum absolute atomic E-state index is 0.212. The van der Waals surface area contributed by atoms with E-state index in [4.69, 9.17) is 0 Å². The quantitative estimate of drug-likeness (QED) is 0.624. The molecule has 0 saturated carbocycles. The van der Waals surface area contributed by atoms with Gasteiger partial charge in [-0.1, -0.05) is 15.9 Å². The zero-order chi connectivity index (χ0) is 13.9. The Balaban J connectivity index is 2.36. The monoisotopic (exact) mass is 344 g/mol. The number of sulfonamides is 1. The molecule has 1 aromatic rings. The third-order valence-electron chi connectivity index (χ3n) is 3.05. The van der Waals surface area contributed by atoms with Crippen LogP contribution in [0.3, 0.4) is 0 Å². The summed E-state index contributed by atoms with van der Waals surface area (Å²) >= 11 is 3.27. The van der Waals surface area contributed by atoms with Crippen molar-refractivity contribution in [2.24, 2.45) is 4.99 Å². The molecule has 1 aliphatic rings. The van der Waals surface area contributed by atoms with E-state index in [2.05, 4.69) is 20.9 Å². The van der Waals surface area contributed by atoms with Crippen LogP contribution in [0.5, 0.6) is 0 Å². The number of hydrogen-bond donors (Lipinski definition) is 0. The highest BCUT2D eigenvalue weighted by Crippen LogP contribution is 2.26. The summed E-state index contributed by atoms with van der Waals surface area (Å²) in [4.78, 5) is 14.2. The van der Waals surface area contributed by atoms with Gasteiger partial charge in [-0.05, 0) is 43.5 Å². The Morgan fingerprint density at radius 3 is 2.58 bits per heavy atom. The zero-order valence-corrected chi connectivity index (χ0v) is 12.5. The van der Waals surface area contributed by atoms with E-state index in [1.807, 2.05) is 0 Å². The summed E-state index contributed by atoms with van der Waals surface area (Å²) in [6.45, 7) is 0.383. The van der Waals surface area contributed by atoms with Crippen molar-refractivity contribution in [3.63, 3.8) is 0 Å². The molecule has 1 heterocycles. The van der Waals surface area contributed by atoms with Gasteiger partial charge in [0.25, 0.3) is 0 Å². The predicted molar refractivity (Wildman–Crippen MR) is 73.8 cm³/mol. The highest BCUT2D eigenvalue weighted by atomic mass is 79.9. The van der Waals surface area contributed by atoms with Gasteiger partial charge in [0.05, 0.1) is 4.90 Å². The first-order valence-electron chi connectivity index (χ1n) is 5.90. The van der Waals surface area contributed by atoms with Gasteiger partial charge in [0.1, 0.15) is 6.17 Å². The van der Waals surface area contributed by atoms with Crippen LogP contribution in [0.25, 0.3) is 0 Å². The van der Waals surface area contributed by atoms with Crippen molar-refractivity contribution >= 4 is 32.0 Å². The average Bonchev–Trinajstić information content (AvgIpc) is 2.40. The van der Waals surface area contributed by atoms with E-state index < -0.39 is 16.2 Å². The molecule has 102 valence electrons. The molecule has 19 heavy (non-hydrogen) atoms. The molecule has 1 saturated heterocycles. The normalized spacial score (nSPS) is 20.8. The molecule has 0 spiro atoms. The fraction of sp³-hybridized carbons (Fsp3) is 0.417. The van der Waals surface area contributed by atoms with Crippen LogP contribution < -0.4 is 0 Å². The second-order valence-corrected chi connectivity index (χ2v) is 7.07. The van der Waals surface area contributed by atoms with Crippen LogP contribution in [0.15, 0.2) is 38.6 Å². The van der Waals surface area contributed by atoms with Crippen molar-refractivity contribution in [1.82, 2.24) is 4.31 Å². The molecule has 1 unspecified atom stereocenters. The number of aliphatic imine (C=N–C) groups is 1. The number of piperidine rings is 1. The lowest BCUT2D eigenvalue weighted by Gasteiger charge is -2.31. The van der Waals surface area contributed by atoms with Crippen LogP contribution in [0.2, 0.25) is 0 Å². The summed E-state index contributed by atoms with van der Waals surface area (Å²) in [6, 6.07) is 6.43. The Bertz CT molecular complexity index is 594. The van der Waals surface area contributed by atoms with Gasteiger partial charge in [-0.15, -0.1) is 0 Å². The van der Waals surface area contributed by atoms with Crippen LogP contribution in [-0.4, -0.2) is 31.5 Å². The van der Waals surface area contributed by atoms with Crippen molar-refractivity contribution in [1.29, 1.82) is 0 Å². The van der Waals surface area contributed by atoms with Crippen LogP contribution >= 0.6 is 15.9 Å². The number of isocyanates is 1. The van der Waals surface area contributed by atoms with E-state index in [9.17, 15) is 13.2 Å². The number of rotatable bonds is 3. The highest BCUT2D eigenvalue weighted by Gasteiger charge is 2.33. The first-order chi connectivity index (χ1) is 9.05. The minimum atomic E-state index is -3.61. The van der Waals surface area contributed by atoms with E-state index in [0.717, 1.165) is 17.3 Å². The molecule has 1 aliphatic heterocycles. The number of benzene rings is 1. The van der Waals surface area contributed by atoms with Gasteiger partial charge in [0.15, 0.2) is 0 Å². The molecule has 2 rings (SSSR count). The third kappa shape index (κ3) is 3.12. The molecule has 0 aromatic heterocycles. The van der Waals surface area contributed by atoms with Crippen molar-refractivity contribution in [3.8, 4) is 0 Å². The summed E-state index contributed by atoms with van der Waals surface area (Å²) in [6.07, 6.45) is 3.04. The highest BCUT2D eigenvalue weighted by molar-refractivity contribution is 9.10. The Labute approximate surface area is 120 Å². The topological polar surface area (TPSA) is 66.8 Å². The van der Waals surface area contributed by atoms with Gasteiger partial charge >= 0.3 is 0 Å². The van der Waals surface area contributed by atoms with Gasteiger partial charge in [-0.3, -0.25) is 0 Å². The van der Waals surface area contributed by atoms with E-state index in [0.29, 0.717) is 13.0 Å². The maximum absolute atomic E-state index is 12.5. The number of carbonyl (C=O) groups excluding carboxylic acids is 1. The Hall–Kier alpha value is -1.01. The molecule has 1 aromatic carbocycles. The lowest BCUT2D eigenvalue weighted by molar-refractivity contribution is 0.259. The van der Waals surface area contributed by atoms with Crippen LogP contribution in [0.1, 0.15) is 19.3 Å². The molecule has 0 bridgehead atoms. The van der Waals surface area contributed by atoms with Gasteiger partial charge < -0.3 is 0 Å². The molecule has 0 N–H and O–H groups in total. The molecule has 1 atom stereocenters. The number of halogens is 1. The Morgan fingerprint density at radius 2 is 1.95 bits per heavy atom. The SMILES string of the molecule is O=C=NC1CCCCN1S(=O)(=O)c1ccc(Br)cc1. The Morgan fingerprint density at radius 1 is 1.26 bits per heavy atom. The van der Waals surface area contributed by atoms with Crippen molar-refractivity contribution in [2.45, 2.75) is 30.3 Å². The van der Waals surface area contributed by atoms with E-state index in [-0.39, 0.29) is 4.90 Å². The number of nitrogens with zero attached hydrogens (tertiary/aromatic N) is 2. The Kier molecular flexibility index (Phi) is 4.52. The van der Waals surface area contributed by atoms with E-state index >= 15 is 0 Å². The van der Waals surface area contributed by atoms with Crippen LogP contribution in [-0.2, 0) is 14.8 Å². The largest absolute Gasteiger partial charge is 0.244 e. The van der Waals surface area contributed by atoms with Gasteiger partial charge in [-0.2, -0.15) is 9.30 Å². The lowest BCUT2D eigenvalue weighted by atomic mass is 10.1. The maximum atomic E-state index is 12.5. The molecule has 0 amide bonds. The third-order valence-corrected chi connectivity index (χ3v) is 5.49. The van der Waals surface area contributed by atoms with E-state index in [1.54, 1.807) is 12.1 Å². The van der Waals surface area contributed by atoms with Crippen LogP contribution in [0.4, 0.5) is 0 Å². The van der Waals surface area contributed by atoms with Gasteiger partial charge in [-0.25, -0.2) is 13.2 Å². The summed E-state index contributed by atoms with van der Waals surface area (Å²) in [5.74, 6) is 0. The fourth-order valence-corrected chi connectivity index (χ4v) is 3.96. The average molecular weight is 345 g/mol. The maximum Gasteiger partial charge on any atom is 0.244 e. The first-order valence-corrected chi connectivity index (χ1v) is 8.13. The molecule has 1 fully saturated rings. The molecule has 5 nitrogen and oxygen atoms in total. The first kappa shape index (κ1) is 14.4. The standard InChI is InChI=1S/C12H13BrN2O3S/c13-10-4-6-11(7-5-10)19(17,18)15-8-2-1-3-12(15)14-9-16/h4-7,12H,1-3,8H2. The predicted octanol–water partition coefficient (Wildman–Crippen LogP) is 2.29. The minimum Gasteiger partial charge on any atom is -0.211 e. The van der Waals surface area contributed by atoms with Crippen molar-refractivity contribution in [3.05, 3.63) is 28.7 Å². The van der Waals surface area contributed by atoms with Crippen molar-refractivity contribution < 1.29 is 13.2 Å².